The third kappa shape index (κ3) is 2.61. The van der Waals surface area contributed by atoms with E-state index in [1.54, 1.807) is 0 Å². The number of aryl methyl sites for hydroxylation is 1. The molecule has 4 heteroatoms. The number of rotatable bonds is 1. The average Bonchev–Trinajstić information content (AvgIpc) is 2.23. The molecule has 1 fully saturated rings. The first-order valence-electron chi connectivity index (χ1n) is 5.04. The molecular weight excluding hydrogens is 212 g/mol. The predicted octanol–water partition coefficient (Wildman–Crippen LogP) is 1.96. The van der Waals surface area contributed by atoms with E-state index in [9.17, 15) is 0 Å². The Kier molecular flexibility index (Phi) is 4.36. The molecule has 0 aliphatic carbocycles. The van der Waals surface area contributed by atoms with Crippen LogP contribution in [0.15, 0.2) is 12.3 Å². The second-order valence-corrected chi connectivity index (χ2v) is 3.64. The third-order valence-corrected chi connectivity index (χ3v) is 2.78. The number of morpholine rings is 1. The van der Waals surface area contributed by atoms with Crippen molar-refractivity contribution in [2.75, 3.05) is 31.2 Å². The Hall–Kier alpha value is -0.800. The highest BCUT2D eigenvalue weighted by molar-refractivity contribution is 5.85. The molecule has 1 aliphatic rings. The fraction of sp³-hybridized carbons (Fsp3) is 0.545. The molecule has 0 unspecified atom stereocenters. The van der Waals surface area contributed by atoms with E-state index >= 15 is 0 Å². The van der Waals surface area contributed by atoms with Crippen LogP contribution < -0.4 is 4.90 Å². The van der Waals surface area contributed by atoms with Gasteiger partial charge in [0.25, 0.3) is 0 Å². The van der Waals surface area contributed by atoms with Crippen molar-refractivity contribution >= 4 is 18.1 Å². The van der Waals surface area contributed by atoms with Gasteiger partial charge in [0.1, 0.15) is 0 Å². The Morgan fingerprint density at radius 1 is 1.27 bits per heavy atom. The first-order chi connectivity index (χ1) is 6.79. The summed E-state index contributed by atoms with van der Waals surface area (Å²) in [5.74, 6) is 0. The van der Waals surface area contributed by atoms with Crippen LogP contribution in [-0.2, 0) is 4.74 Å². The number of hydrogen-bond donors (Lipinski definition) is 0. The van der Waals surface area contributed by atoms with Crippen molar-refractivity contribution in [2.24, 2.45) is 0 Å². The highest BCUT2D eigenvalue weighted by atomic mass is 35.5. The second-order valence-electron chi connectivity index (χ2n) is 3.64. The Balaban J connectivity index is 0.00000112. The second kappa shape index (κ2) is 5.33. The fourth-order valence-electron chi connectivity index (χ4n) is 1.77. The fourth-order valence-corrected chi connectivity index (χ4v) is 1.77. The number of nitrogens with zero attached hydrogens (tertiary/aromatic N) is 2. The van der Waals surface area contributed by atoms with Gasteiger partial charge in [0.2, 0.25) is 0 Å². The average molecular weight is 229 g/mol. The van der Waals surface area contributed by atoms with Gasteiger partial charge in [0.15, 0.2) is 0 Å². The maximum absolute atomic E-state index is 5.33. The molecule has 0 spiro atoms. The zero-order valence-corrected chi connectivity index (χ0v) is 10.0. The molecule has 1 aromatic heterocycles. The summed E-state index contributed by atoms with van der Waals surface area (Å²) in [6, 6.07) is 2.09. The molecule has 0 N–H and O–H groups in total. The van der Waals surface area contributed by atoms with Gasteiger partial charge < -0.3 is 9.64 Å². The van der Waals surface area contributed by atoms with E-state index in [0.29, 0.717) is 0 Å². The lowest BCUT2D eigenvalue weighted by molar-refractivity contribution is 0.122. The maximum Gasteiger partial charge on any atom is 0.0642 e. The van der Waals surface area contributed by atoms with Gasteiger partial charge >= 0.3 is 0 Å². The minimum Gasteiger partial charge on any atom is -0.378 e. The van der Waals surface area contributed by atoms with Crippen LogP contribution >= 0.6 is 12.4 Å². The minimum absolute atomic E-state index is 0. The molecule has 84 valence electrons. The van der Waals surface area contributed by atoms with Gasteiger partial charge in [-0.2, -0.15) is 0 Å². The highest BCUT2D eigenvalue weighted by Crippen LogP contribution is 2.21. The minimum atomic E-state index is 0. The third-order valence-electron chi connectivity index (χ3n) is 2.78. The lowest BCUT2D eigenvalue weighted by Crippen LogP contribution is -2.36. The van der Waals surface area contributed by atoms with Gasteiger partial charge in [-0.3, -0.25) is 4.98 Å². The van der Waals surface area contributed by atoms with Crippen LogP contribution in [0, 0.1) is 13.8 Å². The van der Waals surface area contributed by atoms with Crippen molar-refractivity contribution in [1.29, 1.82) is 0 Å². The largest absolute Gasteiger partial charge is 0.378 e. The van der Waals surface area contributed by atoms with Crippen LogP contribution in [0.3, 0.4) is 0 Å². The van der Waals surface area contributed by atoms with Crippen molar-refractivity contribution in [3.63, 3.8) is 0 Å². The van der Waals surface area contributed by atoms with Crippen LogP contribution in [0.4, 0.5) is 5.69 Å². The molecule has 2 rings (SSSR count). The zero-order valence-electron chi connectivity index (χ0n) is 9.19. The van der Waals surface area contributed by atoms with Crippen molar-refractivity contribution in [3.8, 4) is 0 Å². The number of anilines is 1. The summed E-state index contributed by atoms with van der Waals surface area (Å²) < 4.78 is 5.33. The summed E-state index contributed by atoms with van der Waals surface area (Å²) in [6.07, 6.45) is 1.88. The Bertz CT molecular complexity index is 324. The summed E-state index contributed by atoms with van der Waals surface area (Å²) in [5.41, 5.74) is 3.71. The summed E-state index contributed by atoms with van der Waals surface area (Å²) in [7, 11) is 0. The Labute approximate surface area is 96.9 Å². The normalized spacial score (nSPS) is 16.0. The Morgan fingerprint density at radius 3 is 2.60 bits per heavy atom. The van der Waals surface area contributed by atoms with Crippen molar-refractivity contribution in [2.45, 2.75) is 13.8 Å². The molecule has 1 aromatic rings. The lowest BCUT2D eigenvalue weighted by Gasteiger charge is -2.30. The van der Waals surface area contributed by atoms with Gasteiger partial charge in [-0.25, -0.2) is 0 Å². The molecule has 1 saturated heterocycles. The molecule has 0 atom stereocenters. The molecule has 0 amide bonds. The molecule has 1 aliphatic heterocycles. The molecule has 2 heterocycles. The van der Waals surface area contributed by atoms with Crippen LogP contribution in [0.1, 0.15) is 11.3 Å². The monoisotopic (exact) mass is 228 g/mol. The predicted molar refractivity (Wildman–Crippen MR) is 64.0 cm³/mol. The molecule has 3 nitrogen and oxygen atoms in total. The summed E-state index contributed by atoms with van der Waals surface area (Å²) >= 11 is 0. The Morgan fingerprint density at radius 2 is 1.93 bits per heavy atom. The first-order valence-corrected chi connectivity index (χ1v) is 5.04. The maximum atomic E-state index is 5.33. The number of pyridine rings is 1. The summed E-state index contributed by atoms with van der Waals surface area (Å²) in [5, 5.41) is 0. The van der Waals surface area contributed by atoms with Gasteiger partial charge in [-0.1, -0.05) is 0 Å². The zero-order chi connectivity index (χ0) is 9.97. The van der Waals surface area contributed by atoms with Gasteiger partial charge in [0, 0.05) is 30.7 Å². The number of hydrogen-bond acceptors (Lipinski definition) is 3. The topological polar surface area (TPSA) is 25.4 Å². The molecule has 0 radical (unpaired) electrons. The number of aromatic nitrogens is 1. The van der Waals surface area contributed by atoms with Crippen molar-refractivity contribution < 1.29 is 4.74 Å². The van der Waals surface area contributed by atoms with Crippen LogP contribution in [0.25, 0.3) is 0 Å². The number of halogens is 1. The first kappa shape index (κ1) is 12.3. The van der Waals surface area contributed by atoms with Crippen LogP contribution in [-0.4, -0.2) is 31.3 Å². The smallest absolute Gasteiger partial charge is 0.0642 e. The van der Waals surface area contributed by atoms with Gasteiger partial charge in [-0.15, -0.1) is 12.4 Å². The highest BCUT2D eigenvalue weighted by Gasteiger charge is 2.13. The SMILES string of the molecule is Cc1nccc(N2CCOCC2)c1C.Cl. The molecule has 15 heavy (non-hydrogen) atoms. The molecular formula is C11H17ClN2O. The van der Waals surface area contributed by atoms with E-state index in [1.165, 1.54) is 11.3 Å². The molecule has 0 aromatic carbocycles. The van der Waals surface area contributed by atoms with E-state index in [4.69, 9.17) is 4.74 Å². The molecule has 0 bridgehead atoms. The van der Waals surface area contributed by atoms with E-state index in [2.05, 4.69) is 29.8 Å². The molecule has 0 saturated carbocycles. The van der Waals surface area contributed by atoms with E-state index in [1.807, 2.05) is 6.20 Å². The lowest BCUT2D eigenvalue weighted by atomic mass is 10.1. The standard InChI is InChI=1S/C11H16N2O.ClH/c1-9-10(2)12-4-3-11(9)13-5-7-14-8-6-13;/h3-4H,5-8H2,1-2H3;1H. The van der Waals surface area contributed by atoms with E-state index in [-0.39, 0.29) is 12.4 Å². The van der Waals surface area contributed by atoms with Crippen LogP contribution in [0.5, 0.6) is 0 Å². The van der Waals surface area contributed by atoms with E-state index < -0.39 is 0 Å². The quantitative estimate of drug-likeness (QED) is 0.735. The van der Waals surface area contributed by atoms with Crippen LogP contribution in [0.2, 0.25) is 0 Å². The van der Waals surface area contributed by atoms with Gasteiger partial charge in [0.05, 0.1) is 13.2 Å². The van der Waals surface area contributed by atoms with Gasteiger partial charge in [-0.05, 0) is 25.5 Å². The van der Waals surface area contributed by atoms with Crippen molar-refractivity contribution in [1.82, 2.24) is 4.98 Å². The summed E-state index contributed by atoms with van der Waals surface area (Å²) in [6.45, 7) is 7.84. The van der Waals surface area contributed by atoms with Crippen molar-refractivity contribution in [3.05, 3.63) is 23.5 Å². The van der Waals surface area contributed by atoms with E-state index in [0.717, 1.165) is 32.0 Å². The summed E-state index contributed by atoms with van der Waals surface area (Å²) in [4.78, 5) is 6.64. The number of ether oxygens (including phenoxy) is 1.